The van der Waals surface area contributed by atoms with Crippen LogP contribution in [0, 0.1) is 5.92 Å². The summed E-state index contributed by atoms with van der Waals surface area (Å²) in [6, 6.07) is 0.260. The molecule has 0 aromatic rings. The van der Waals surface area contributed by atoms with Crippen LogP contribution in [0.4, 0.5) is 0 Å². The first-order valence-corrected chi connectivity index (χ1v) is 9.55. The van der Waals surface area contributed by atoms with Gasteiger partial charge in [0, 0.05) is 57.4 Å². The van der Waals surface area contributed by atoms with E-state index in [-0.39, 0.29) is 24.5 Å². The van der Waals surface area contributed by atoms with E-state index in [0.717, 1.165) is 64.0 Å². The number of carbonyl (C=O) groups is 2. The van der Waals surface area contributed by atoms with Gasteiger partial charge in [0.25, 0.3) is 0 Å². The molecule has 3 rings (SSSR count). The van der Waals surface area contributed by atoms with Gasteiger partial charge in [0.2, 0.25) is 11.8 Å². The number of unbranched alkanes of at least 4 members (excludes halogenated alkanes) is 1. The molecule has 0 aliphatic carbocycles. The van der Waals surface area contributed by atoms with Crippen LogP contribution in [0.5, 0.6) is 0 Å². The Labute approximate surface area is 149 Å². The van der Waals surface area contributed by atoms with Crippen LogP contribution in [0.25, 0.3) is 0 Å². The fraction of sp³-hybridized carbons (Fsp3) is 0.833. The molecular formula is C18H30N4O3. The van der Waals surface area contributed by atoms with Crippen molar-refractivity contribution in [3.05, 3.63) is 0 Å². The minimum atomic E-state index is 0.153. The first kappa shape index (κ1) is 18.2. The van der Waals surface area contributed by atoms with E-state index < -0.39 is 0 Å². The van der Waals surface area contributed by atoms with Crippen LogP contribution in [0.3, 0.4) is 0 Å². The monoisotopic (exact) mass is 350 g/mol. The topological polar surface area (TPSA) is 76.5 Å². The smallest absolute Gasteiger partial charge is 0.243 e. The molecule has 7 nitrogen and oxygen atoms in total. The van der Waals surface area contributed by atoms with E-state index in [9.17, 15) is 9.59 Å². The summed E-state index contributed by atoms with van der Waals surface area (Å²) < 4.78 is 0. The number of hydrazone groups is 1. The zero-order chi connectivity index (χ0) is 17.8. The van der Waals surface area contributed by atoms with Crippen LogP contribution in [-0.4, -0.2) is 82.8 Å². The number of hydrogen-bond acceptors (Lipinski definition) is 5. The van der Waals surface area contributed by atoms with Crippen molar-refractivity contribution in [3.63, 3.8) is 0 Å². The predicted octanol–water partition coefficient (Wildman–Crippen LogP) is 0.680. The molecule has 1 N–H and O–H groups in total. The molecule has 0 unspecified atom stereocenters. The van der Waals surface area contributed by atoms with E-state index in [2.05, 4.69) is 5.10 Å². The molecule has 25 heavy (non-hydrogen) atoms. The molecular weight excluding hydrogens is 320 g/mol. The fourth-order valence-corrected chi connectivity index (χ4v) is 4.27. The molecule has 3 heterocycles. The van der Waals surface area contributed by atoms with Crippen LogP contribution in [-0.2, 0) is 9.59 Å². The Morgan fingerprint density at radius 3 is 2.80 bits per heavy atom. The number of nitrogens with zero attached hydrogens (tertiary/aromatic N) is 4. The summed E-state index contributed by atoms with van der Waals surface area (Å²) in [7, 11) is 0. The van der Waals surface area contributed by atoms with Crippen LogP contribution >= 0.6 is 0 Å². The normalized spacial score (nSPS) is 26.7. The van der Waals surface area contributed by atoms with Gasteiger partial charge in [-0.05, 0) is 38.5 Å². The van der Waals surface area contributed by atoms with Crippen LogP contribution in [0.1, 0.15) is 45.4 Å². The summed E-state index contributed by atoms with van der Waals surface area (Å²) in [6.45, 7) is 5.59. The molecule has 140 valence electrons. The Morgan fingerprint density at radius 1 is 1.24 bits per heavy atom. The number of carbonyl (C=O) groups excluding carboxylic acids is 2. The van der Waals surface area contributed by atoms with Gasteiger partial charge in [-0.2, -0.15) is 5.10 Å². The van der Waals surface area contributed by atoms with Gasteiger partial charge in [-0.15, -0.1) is 0 Å². The van der Waals surface area contributed by atoms with Gasteiger partial charge >= 0.3 is 0 Å². The lowest BCUT2D eigenvalue weighted by molar-refractivity contribution is -0.144. The minimum Gasteiger partial charge on any atom is -0.396 e. The van der Waals surface area contributed by atoms with E-state index in [1.165, 1.54) is 0 Å². The van der Waals surface area contributed by atoms with Gasteiger partial charge in [-0.1, -0.05) is 0 Å². The Bertz CT molecular complexity index is 536. The molecule has 0 saturated carbocycles. The maximum atomic E-state index is 12.6. The van der Waals surface area contributed by atoms with Gasteiger partial charge in [0.15, 0.2) is 0 Å². The van der Waals surface area contributed by atoms with Crippen LogP contribution in [0.2, 0.25) is 0 Å². The second kappa shape index (κ2) is 8.17. The number of aliphatic hydroxyl groups is 1. The highest BCUT2D eigenvalue weighted by molar-refractivity contribution is 5.84. The summed E-state index contributed by atoms with van der Waals surface area (Å²) in [4.78, 5) is 28.9. The van der Waals surface area contributed by atoms with Gasteiger partial charge < -0.3 is 14.9 Å². The van der Waals surface area contributed by atoms with Gasteiger partial charge in [-0.25, -0.2) is 0 Å². The zero-order valence-electron chi connectivity index (χ0n) is 15.2. The summed E-state index contributed by atoms with van der Waals surface area (Å²) in [6.07, 6.45) is 4.86. The average Bonchev–Trinajstić information content (AvgIpc) is 3.01. The first-order valence-electron chi connectivity index (χ1n) is 9.55. The third-order valence-corrected chi connectivity index (χ3v) is 5.66. The standard InChI is InChI=1S/C18H30N4O3/c1-14-6-10-21(19-14)13-18(25)20-9-7-16-15(12-20)4-5-17(24)22(16)8-2-3-11-23/h15-16,23H,2-13H2,1H3/t15-,16+/m0/s1. The summed E-state index contributed by atoms with van der Waals surface area (Å²) in [5, 5.41) is 15.2. The predicted molar refractivity (Wildman–Crippen MR) is 95.0 cm³/mol. The van der Waals surface area contributed by atoms with Crippen molar-refractivity contribution >= 4 is 17.5 Å². The van der Waals surface area contributed by atoms with Crippen molar-refractivity contribution in [2.45, 2.75) is 51.5 Å². The molecule has 2 fully saturated rings. The molecule has 3 aliphatic heterocycles. The number of piperidine rings is 2. The lowest BCUT2D eigenvalue weighted by Crippen LogP contribution is -2.57. The van der Waals surface area contributed by atoms with Gasteiger partial charge in [0.05, 0.1) is 0 Å². The summed E-state index contributed by atoms with van der Waals surface area (Å²) in [5.74, 6) is 0.773. The molecule has 7 heteroatoms. The molecule has 0 spiro atoms. The maximum Gasteiger partial charge on any atom is 0.243 e. The van der Waals surface area contributed by atoms with Crippen molar-refractivity contribution in [1.82, 2.24) is 14.8 Å². The van der Waals surface area contributed by atoms with Gasteiger partial charge in [-0.3, -0.25) is 14.6 Å². The zero-order valence-corrected chi connectivity index (χ0v) is 15.2. The third kappa shape index (κ3) is 4.32. The van der Waals surface area contributed by atoms with Gasteiger partial charge in [0.1, 0.15) is 6.54 Å². The summed E-state index contributed by atoms with van der Waals surface area (Å²) >= 11 is 0. The van der Waals surface area contributed by atoms with E-state index in [1.54, 1.807) is 0 Å². The third-order valence-electron chi connectivity index (χ3n) is 5.66. The number of rotatable bonds is 6. The molecule has 2 amide bonds. The largest absolute Gasteiger partial charge is 0.396 e. The van der Waals surface area contributed by atoms with E-state index in [4.69, 9.17) is 5.11 Å². The average molecular weight is 350 g/mol. The number of amides is 2. The quantitative estimate of drug-likeness (QED) is 0.715. The van der Waals surface area contributed by atoms with Crippen LogP contribution in [0.15, 0.2) is 5.10 Å². The molecule has 0 aromatic carbocycles. The lowest BCUT2D eigenvalue weighted by atomic mass is 9.83. The molecule has 2 atom stereocenters. The summed E-state index contributed by atoms with van der Waals surface area (Å²) in [5.41, 5.74) is 1.09. The highest BCUT2D eigenvalue weighted by Gasteiger charge is 2.40. The van der Waals surface area contributed by atoms with Crippen molar-refractivity contribution in [2.24, 2.45) is 11.0 Å². The molecule has 0 bridgehead atoms. The number of likely N-dealkylation sites (tertiary alicyclic amines) is 2. The molecule has 0 radical (unpaired) electrons. The Hall–Kier alpha value is -1.63. The Kier molecular flexibility index (Phi) is 5.93. The number of fused-ring (bicyclic) bond motifs is 1. The van der Waals surface area contributed by atoms with Crippen molar-refractivity contribution in [1.29, 1.82) is 0 Å². The highest BCUT2D eigenvalue weighted by atomic mass is 16.3. The molecule has 3 aliphatic rings. The fourth-order valence-electron chi connectivity index (χ4n) is 4.27. The highest BCUT2D eigenvalue weighted by Crippen LogP contribution is 2.31. The van der Waals surface area contributed by atoms with E-state index in [0.29, 0.717) is 18.9 Å². The Balaban J connectivity index is 1.54. The van der Waals surface area contributed by atoms with Crippen molar-refractivity contribution < 1.29 is 14.7 Å². The van der Waals surface area contributed by atoms with E-state index >= 15 is 0 Å². The molecule has 0 aromatic heterocycles. The number of aliphatic hydroxyl groups excluding tert-OH is 1. The van der Waals surface area contributed by atoms with Crippen molar-refractivity contribution in [3.8, 4) is 0 Å². The first-order chi connectivity index (χ1) is 12.1. The van der Waals surface area contributed by atoms with Crippen LogP contribution < -0.4 is 0 Å². The Morgan fingerprint density at radius 2 is 2.08 bits per heavy atom. The van der Waals surface area contributed by atoms with E-state index in [1.807, 2.05) is 21.7 Å². The molecule has 2 saturated heterocycles. The minimum absolute atomic E-state index is 0.153. The maximum absolute atomic E-state index is 12.6. The number of hydrogen-bond donors (Lipinski definition) is 1. The van der Waals surface area contributed by atoms with Crippen molar-refractivity contribution in [2.75, 3.05) is 39.3 Å². The lowest BCUT2D eigenvalue weighted by Gasteiger charge is -2.47. The second-order valence-electron chi connectivity index (χ2n) is 7.49. The SMILES string of the molecule is CC1=NN(CC(=O)N2CC[C@@H]3[C@@H](CCC(=O)N3CCCCO)C2)CC1. The second-order valence-corrected chi connectivity index (χ2v) is 7.49.